The van der Waals surface area contributed by atoms with Crippen molar-refractivity contribution in [1.82, 2.24) is 20.4 Å². The van der Waals surface area contributed by atoms with Gasteiger partial charge in [-0.05, 0) is 81.4 Å². The molecule has 0 saturated heterocycles. The standard InChI is InChI=1S/C24H29FN4O2/c1-18-5-3-7-22(15-18)31-14-12-26-24(30)17-29(2)13-4-6-21-16-23(28-27-21)19-8-10-20(25)11-9-19/h3,5,7-11,15-16H,4,6,12-14,17H2,1-2H3,(H,26,30)(H,27,28). The number of ether oxygens (including phenoxy) is 1. The van der Waals surface area contributed by atoms with Crippen molar-refractivity contribution in [3.8, 4) is 17.0 Å². The zero-order valence-electron chi connectivity index (χ0n) is 18.0. The van der Waals surface area contributed by atoms with Gasteiger partial charge in [0.2, 0.25) is 5.91 Å². The van der Waals surface area contributed by atoms with Crippen molar-refractivity contribution < 1.29 is 13.9 Å². The molecule has 0 aliphatic rings. The summed E-state index contributed by atoms with van der Waals surface area (Å²) in [6.07, 6.45) is 1.72. The number of nitrogens with one attached hydrogen (secondary N) is 2. The lowest BCUT2D eigenvalue weighted by atomic mass is 10.1. The normalized spacial score (nSPS) is 11.0. The lowest BCUT2D eigenvalue weighted by molar-refractivity contribution is -0.122. The molecular weight excluding hydrogens is 395 g/mol. The Kier molecular flexibility index (Phi) is 8.18. The highest BCUT2D eigenvalue weighted by Gasteiger charge is 2.08. The smallest absolute Gasteiger partial charge is 0.234 e. The second kappa shape index (κ2) is 11.3. The second-order valence-corrected chi connectivity index (χ2v) is 7.64. The molecule has 0 fully saturated rings. The molecular formula is C24H29FN4O2. The van der Waals surface area contributed by atoms with Gasteiger partial charge in [0, 0.05) is 11.3 Å². The van der Waals surface area contributed by atoms with Crippen LogP contribution in [0.5, 0.6) is 5.75 Å². The van der Waals surface area contributed by atoms with Gasteiger partial charge in [0.15, 0.2) is 0 Å². The molecule has 7 heteroatoms. The van der Waals surface area contributed by atoms with Crippen LogP contribution in [0.2, 0.25) is 0 Å². The van der Waals surface area contributed by atoms with Crippen LogP contribution in [0.4, 0.5) is 4.39 Å². The summed E-state index contributed by atoms with van der Waals surface area (Å²) in [5.74, 6) is 0.536. The quantitative estimate of drug-likeness (QED) is 0.462. The van der Waals surface area contributed by atoms with Crippen LogP contribution in [0.1, 0.15) is 17.7 Å². The number of aryl methyl sites for hydroxylation is 2. The summed E-state index contributed by atoms with van der Waals surface area (Å²) in [4.78, 5) is 14.1. The number of hydrogen-bond acceptors (Lipinski definition) is 4. The van der Waals surface area contributed by atoms with E-state index in [-0.39, 0.29) is 11.7 Å². The maximum absolute atomic E-state index is 13.0. The van der Waals surface area contributed by atoms with Crippen LogP contribution in [0.25, 0.3) is 11.3 Å². The van der Waals surface area contributed by atoms with Crippen LogP contribution in [0, 0.1) is 12.7 Å². The van der Waals surface area contributed by atoms with E-state index in [0.29, 0.717) is 19.7 Å². The van der Waals surface area contributed by atoms with Gasteiger partial charge in [-0.2, -0.15) is 5.10 Å². The molecule has 0 saturated carbocycles. The Labute approximate surface area is 182 Å². The number of aromatic nitrogens is 2. The Morgan fingerprint density at radius 2 is 2.00 bits per heavy atom. The molecule has 0 radical (unpaired) electrons. The van der Waals surface area contributed by atoms with Crippen molar-refractivity contribution in [1.29, 1.82) is 0 Å². The second-order valence-electron chi connectivity index (χ2n) is 7.64. The molecule has 2 N–H and O–H groups in total. The van der Waals surface area contributed by atoms with Crippen LogP contribution in [-0.2, 0) is 11.2 Å². The summed E-state index contributed by atoms with van der Waals surface area (Å²) < 4.78 is 18.7. The Balaban J connectivity index is 1.30. The Morgan fingerprint density at radius 1 is 1.19 bits per heavy atom. The number of nitrogens with zero attached hydrogens (tertiary/aromatic N) is 2. The number of benzene rings is 2. The molecule has 0 atom stereocenters. The van der Waals surface area contributed by atoms with Gasteiger partial charge >= 0.3 is 0 Å². The molecule has 0 aliphatic carbocycles. The lowest BCUT2D eigenvalue weighted by Gasteiger charge is -2.16. The van der Waals surface area contributed by atoms with Crippen molar-refractivity contribution in [2.75, 3.05) is 33.3 Å². The summed E-state index contributed by atoms with van der Waals surface area (Å²) >= 11 is 0. The number of amides is 1. The molecule has 6 nitrogen and oxygen atoms in total. The van der Waals surface area contributed by atoms with Crippen molar-refractivity contribution in [2.24, 2.45) is 0 Å². The first kappa shape index (κ1) is 22.5. The van der Waals surface area contributed by atoms with E-state index < -0.39 is 0 Å². The largest absolute Gasteiger partial charge is 0.492 e. The van der Waals surface area contributed by atoms with Crippen molar-refractivity contribution >= 4 is 5.91 Å². The Hall–Kier alpha value is -3.19. The average molecular weight is 425 g/mol. The molecule has 3 rings (SSSR count). The van der Waals surface area contributed by atoms with Gasteiger partial charge in [0.1, 0.15) is 18.2 Å². The monoisotopic (exact) mass is 424 g/mol. The fourth-order valence-corrected chi connectivity index (χ4v) is 3.24. The average Bonchev–Trinajstić information content (AvgIpc) is 3.21. The molecule has 3 aromatic rings. The highest BCUT2D eigenvalue weighted by molar-refractivity contribution is 5.77. The molecule has 2 aromatic carbocycles. The third kappa shape index (κ3) is 7.53. The fraction of sp³-hybridized carbons (Fsp3) is 0.333. The first-order chi connectivity index (χ1) is 15.0. The van der Waals surface area contributed by atoms with Crippen molar-refractivity contribution in [3.05, 3.63) is 71.7 Å². The van der Waals surface area contributed by atoms with Gasteiger partial charge in [-0.3, -0.25) is 14.8 Å². The van der Waals surface area contributed by atoms with Crippen LogP contribution in [0.15, 0.2) is 54.6 Å². The summed E-state index contributed by atoms with van der Waals surface area (Å²) in [7, 11) is 1.93. The highest BCUT2D eigenvalue weighted by atomic mass is 19.1. The number of carbonyl (C=O) groups is 1. The van der Waals surface area contributed by atoms with E-state index in [2.05, 4.69) is 15.5 Å². The van der Waals surface area contributed by atoms with E-state index in [0.717, 1.165) is 47.7 Å². The number of aromatic amines is 1. The predicted octanol–water partition coefficient (Wildman–Crippen LogP) is 3.58. The number of H-pyrrole nitrogens is 1. The molecule has 1 amide bonds. The van der Waals surface area contributed by atoms with E-state index in [1.165, 1.54) is 12.1 Å². The molecule has 164 valence electrons. The number of rotatable bonds is 11. The number of likely N-dealkylation sites (N-methyl/N-ethyl adjacent to an activating group) is 1. The third-order valence-corrected chi connectivity index (χ3v) is 4.85. The lowest BCUT2D eigenvalue weighted by Crippen LogP contribution is -2.37. The van der Waals surface area contributed by atoms with Gasteiger partial charge in [0.05, 0.1) is 18.8 Å². The van der Waals surface area contributed by atoms with Gasteiger partial charge in [-0.15, -0.1) is 0 Å². The summed E-state index contributed by atoms with van der Waals surface area (Å²) in [6.45, 7) is 4.06. The van der Waals surface area contributed by atoms with Gasteiger partial charge in [-0.1, -0.05) is 12.1 Å². The SMILES string of the molecule is Cc1cccc(OCCNC(=O)CN(C)CCCc2cc(-c3ccc(F)cc3)n[nH]2)c1. The van der Waals surface area contributed by atoms with Crippen molar-refractivity contribution in [2.45, 2.75) is 19.8 Å². The molecule has 1 heterocycles. The van der Waals surface area contributed by atoms with E-state index in [9.17, 15) is 9.18 Å². The molecule has 0 spiro atoms. The van der Waals surface area contributed by atoms with Crippen LogP contribution in [-0.4, -0.2) is 54.3 Å². The molecule has 31 heavy (non-hydrogen) atoms. The number of halogens is 1. The fourth-order valence-electron chi connectivity index (χ4n) is 3.24. The third-order valence-electron chi connectivity index (χ3n) is 4.85. The summed E-state index contributed by atoms with van der Waals surface area (Å²) in [5, 5.41) is 10.2. The van der Waals surface area contributed by atoms with Crippen LogP contribution < -0.4 is 10.1 Å². The predicted molar refractivity (Wildman–Crippen MR) is 119 cm³/mol. The Morgan fingerprint density at radius 3 is 2.77 bits per heavy atom. The van der Waals surface area contributed by atoms with Crippen LogP contribution >= 0.6 is 0 Å². The minimum atomic E-state index is -0.259. The van der Waals surface area contributed by atoms with E-state index in [1.54, 1.807) is 12.1 Å². The number of hydrogen-bond donors (Lipinski definition) is 2. The number of carbonyl (C=O) groups excluding carboxylic acids is 1. The maximum Gasteiger partial charge on any atom is 0.234 e. The van der Waals surface area contributed by atoms with E-state index >= 15 is 0 Å². The first-order valence-corrected chi connectivity index (χ1v) is 10.4. The van der Waals surface area contributed by atoms with E-state index in [1.807, 2.05) is 49.2 Å². The molecule has 0 unspecified atom stereocenters. The van der Waals surface area contributed by atoms with E-state index in [4.69, 9.17) is 4.74 Å². The minimum absolute atomic E-state index is 0.0181. The van der Waals surface area contributed by atoms with Crippen molar-refractivity contribution in [3.63, 3.8) is 0 Å². The zero-order chi connectivity index (χ0) is 22.1. The topological polar surface area (TPSA) is 70.2 Å². The van der Waals surface area contributed by atoms with Gasteiger partial charge in [0.25, 0.3) is 0 Å². The zero-order valence-corrected chi connectivity index (χ0v) is 18.0. The van der Waals surface area contributed by atoms with Gasteiger partial charge in [-0.25, -0.2) is 4.39 Å². The minimum Gasteiger partial charge on any atom is -0.492 e. The molecule has 1 aromatic heterocycles. The summed E-state index contributed by atoms with van der Waals surface area (Å²) in [5.41, 5.74) is 3.84. The summed E-state index contributed by atoms with van der Waals surface area (Å²) in [6, 6.07) is 16.1. The molecule has 0 bridgehead atoms. The van der Waals surface area contributed by atoms with Gasteiger partial charge < -0.3 is 10.1 Å². The maximum atomic E-state index is 13.0. The Bertz CT molecular complexity index is 972. The van der Waals surface area contributed by atoms with Crippen LogP contribution in [0.3, 0.4) is 0 Å². The first-order valence-electron chi connectivity index (χ1n) is 10.4. The molecule has 0 aliphatic heterocycles. The highest BCUT2D eigenvalue weighted by Crippen LogP contribution is 2.18.